The minimum atomic E-state index is -1.13. The molecule has 1 saturated heterocycles. The van der Waals surface area contributed by atoms with Gasteiger partial charge in [-0.1, -0.05) is 74.2 Å². The maximum atomic E-state index is 13.4. The van der Waals surface area contributed by atoms with Crippen LogP contribution in [0, 0.1) is 13.8 Å². The molecule has 1 aliphatic carbocycles. The van der Waals surface area contributed by atoms with Gasteiger partial charge in [-0.3, -0.25) is 9.69 Å². The Morgan fingerprint density at radius 3 is 2.37 bits per heavy atom. The minimum Gasteiger partial charge on any atom is -0.379 e. The number of aromatic nitrogens is 2. The van der Waals surface area contributed by atoms with Gasteiger partial charge in [-0.2, -0.15) is 5.10 Å². The maximum absolute atomic E-state index is 13.4. The third-order valence-electron chi connectivity index (χ3n) is 9.84. The Balaban J connectivity index is 0.00000468. The highest BCUT2D eigenvalue weighted by molar-refractivity contribution is 6.76. The van der Waals surface area contributed by atoms with Crippen molar-refractivity contribution < 1.29 is 14.3 Å². The number of nitrogens with one attached hydrogen (secondary N) is 1. The van der Waals surface area contributed by atoms with E-state index in [1.807, 2.05) is 35.9 Å². The van der Waals surface area contributed by atoms with Gasteiger partial charge in [0.15, 0.2) is 0 Å². The SMILES string of the molecule is Cc1nn(COCC[Si](C)(C)C)c(C)c1-c1ccc(NC(=O)[C@@H](N)[C@@H]2CCc3ccc(-c4ccc(CN5CCOCC5)cc4)cc32)cc1.Cl. The summed E-state index contributed by atoms with van der Waals surface area (Å²) in [5.41, 5.74) is 17.7. The fourth-order valence-corrected chi connectivity index (χ4v) is 7.66. The molecule has 1 amide bonds. The molecule has 6 rings (SSSR count). The highest BCUT2D eigenvalue weighted by Gasteiger charge is 2.32. The number of anilines is 1. The summed E-state index contributed by atoms with van der Waals surface area (Å²) in [7, 11) is -1.13. The van der Waals surface area contributed by atoms with E-state index >= 15 is 0 Å². The number of ether oxygens (including phenoxy) is 2. The van der Waals surface area contributed by atoms with E-state index in [0.717, 1.165) is 92.1 Å². The number of morpholine rings is 1. The first-order valence-corrected chi connectivity index (χ1v) is 21.1. The monoisotopic (exact) mass is 701 g/mol. The van der Waals surface area contributed by atoms with Crippen LogP contribution in [0.3, 0.4) is 0 Å². The Morgan fingerprint density at radius 1 is 1.00 bits per heavy atom. The van der Waals surface area contributed by atoms with E-state index in [2.05, 4.69) is 79.2 Å². The maximum Gasteiger partial charge on any atom is 0.241 e. The summed E-state index contributed by atoms with van der Waals surface area (Å²) in [6.07, 6.45) is 1.80. The lowest BCUT2D eigenvalue weighted by molar-refractivity contribution is -0.117. The van der Waals surface area contributed by atoms with Gasteiger partial charge in [-0.15, -0.1) is 12.4 Å². The number of amides is 1. The van der Waals surface area contributed by atoms with Crippen molar-refractivity contribution in [2.45, 2.75) is 77.6 Å². The third-order valence-corrected chi connectivity index (χ3v) is 11.5. The molecule has 262 valence electrons. The Kier molecular flexibility index (Phi) is 12.2. The van der Waals surface area contributed by atoms with Crippen LogP contribution in [0.1, 0.15) is 40.4 Å². The number of halogens is 1. The second kappa shape index (κ2) is 16.1. The van der Waals surface area contributed by atoms with Gasteiger partial charge in [0.05, 0.1) is 24.9 Å². The molecule has 2 aliphatic rings. The average Bonchev–Trinajstić information content (AvgIpc) is 3.62. The predicted octanol–water partition coefficient (Wildman–Crippen LogP) is 7.40. The van der Waals surface area contributed by atoms with Gasteiger partial charge < -0.3 is 20.5 Å². The zero-order valence-corrected chi connectivity index (χ0v) is 31.4. The van der Waals surface area contributed by atoms with Crippen LogP contribution in [0.4, 0.5) is 5.69 Å². The summed E-state index contributed by atoms with van der Waals surface area (Å²) in [4.78, 5) is 15.9. The molecule has 0 unspecified atom stereocenters. The van der Waals surface area contributed by atoms with Crippen LogP contribution in [0.25, 0.3) is 22.3 Å². The van der Waals surface area contributed by atoms with Crippen LogP contribution < -0.4 is 11.1 Å². The number of benzene rings is 3. The first-order chi connectivity index (χ1) is 23.1. The molecule has 0 radical (unpaired) electrons. The number of rotatable bonds is 12. The fraction of sp³-hybridized carbons (Fsp3) is 0.436. The summed E-state index contributed by atoms with van der Waals surface area (Å²) < 4.78 is 13.4. The van der Waals surface area contributed by atoms with Gasteiger partial charge in [0.1, 0.15) is 6.73 Å². The smallest absolute Gasteiger partial charge is 0.241 e. The molecule has 3 aromatic carbocycles. The number of hydrogen-bond acceptors (Lipinski definition) is 6. The molecule has 3 N–H and O–H groups in total. The van der Waals surface area contributed by atoms with Crippen molar-refractivity contribution in [3.05, 3.63) is 94.8 Å². The van der Waals surface area contributed by atoms with Gasteiger partial charge >= 0.3 is 0 Å². The second-order valence-electron chi connectivity index (χ2n) is 14.6. The third kappa shape index (κ3) is 9.08. The van der Waals surface area contributed by atoms with Crippen molar-refractivity contribution in [2.75, 3.05) is 38.2 Å². The first kappa shape index (κ1) is 37.0. The Bertz CT molecular complexity index is 1710. The molecular weight excluding hydrogens is 650 g/mol. The molecule has 0 bridgehead atoms. The van der Waals surface area contributed by atoms with E-state index in [9.17, 15) is 4.79 Å². The van der Waals surface area contributed by atoms with E-state index in [4.69, 9.17) is 20.3 Å². The number of carbonyl (C=O) groups is 1. The molecular formula is C39H52ClN5O3Si. The molecule has 8 nitrogen and oxygen atoms in total. The Morgan fingerprint density at radius 2 is 1.67 bits per heavy atom. The average molecular weight is 702 g/mol. The molecule has 1 aromatic heterocycles. The molecule has 2 heterocycles. The number of carbonyl (C=O) groups excluding carboxylic acids is 1. The van der Waals surface area contributed by atoms with Gasteiger partial charge in [0.25, 0.3) is 0 Å². The standard InChI is InChI=1S/C39H51N5O3Si.ClH/c1-27-37(28(2)44(42-27)26-47-22-23-48(3,4)5)32-12-15-34(16-13-32)41-39(45)38(40)35-17-14-31-10-11-33(24-36(31)35)30-8-6-29(7-9-30)25-43-18-20-46-21-19-43;/h6-13,15-16,24,35,38H,14,17-23,25-26,40H2,1-5H3,(H,41,45);1H/t35-,38+;/m1./s1. The number of fused-ring (bicyclic) bond motifs is 1. The summed E-state index contributed by atoms with van der Waals surface area (Å²) in [5.74, 6) is -0.182. The van der Waals surface area contributed by atoms with Crippen molar-refractivity contribution in [1.29, 1.82) is 0 Å². The molecule has 10 heteroatoms. The Labute approximate surface area is 298 Å². The van der Waals surface area contributed by atoms with Gasteiger partial charge in [-0.25, -0.2) is 4.68 Å². The Hall–Kier alpha value is -3.31. The van der Waals surface area contributed by atoms with Crippen LogP contribution in [0.2, 0.25) is 25.7 Å². The van der Waals surface area contributed by atoms with E-state index in [1.165, 1.54) is 22.3 Å². The van der Waals surface area contributed by atoms with Gasteiger partial charge in [0.2, 0.25) is 5.91 Å². The number of nitrogens with zero attached hydrogens (tertiary/aromatic N) is 3. The summed E-state index contributed by atoms with van der Waals surface area (Å²) in [5, 5.41) is 7.82. The minimum absolute atomic E-state index is 0. The summed E-state index contributed by atoms with van der Waals surface area (Å²) in [6.45, 7) is 16.9. The molecule has 49 heavy (non-hydrogen) atoms. The van der Waals surface area contributed by atoms with Crippen LogP contribution in [0.5, 0.6) is 0 Å². The van der Waals surface area contributed by atoms with Crippen molar-refractivity contribution in [3.63, 3.8) is 0 Å². The topological polar surface area (TPSA) is 94.6 Å². The van der Waals surface area contributed by atoms with E-state index in [-0.39, 0.29) is 24.2 Å². The zero-order chi connectivity index (χ0) is 33.8. The van der Waals surface area contributed by atoms with Gasteiger partial charge in [-0.05, 0) is 78.2 Å². The van der Waals surface area contributed by atoms with Crippen molar-refractivity contribution in [1.82, 2.24) is 14.7 Å². The molecule has 0 saturated carbocycles. The lowest BCUT2D eigenvalue weighted by Gasteiger charge is -2.26. The lowest BCUT2D eigenvalue weighted by atomic mass is 9.90. The van der Waals surface area contributed by atoms with Crippen LogP contribution in [-0.4, -0.2) is 67.6 Å². The normalized spacial score (nSPS) is 17.0. The van der Waals surface area contributed by atoms with Crippen LogP contribution in [0.15, 0.2) is 66.7 Å². The lowest BCUT2D eigenvalue weighted by Crippen LogP contribution is -2.40. The highest BCUT2D eigenvalue weighted by Crippen LogP contribution is 2.38. The highest BCUT2D eigenvalue weighted by atomic mass is 35.5. The molecule has 1 fully saturated rings. The van der Waals surface area contributed by atoms with Crippen LogP contribution >= 0.6 is 12.4 Å². The molecule has 4 aromatic rings. The second-order valence-corrected chi connectivity index (χ2v) is 20.3. The quantitative estimate of drug-likeness (QED) is 0.118. The fourth-order valence-electron chi connectivity index (χ4n) is 6.91. The summed E-state index contributed by atoms with van der Waals surface area (Å²) in [6, 6.07) is 24.0. The molecule has 1 aliphatic heterocycles. The molecule has 0 spiro atoms. The number of aryl methyl sites for hydroxylation is 2. The van der Waals surface area contributed by atoms with Crippen molar-refractivity contribution in [3.8, 4) is 22.3 Å². The van der Waals surface area contributed by atoms with Crippen molar-refractivity contribution >= 4 is 32.1 Å². The first-order valence-electron chi connectivity index (χ1n) is 17.4. The van der Waals surface area contributed by atoms with Crippen LogP contribution in [-0.2, 0) is 34.0 Å². The predicted molar refractivity (Wildman–Crippen MR) is 204 cm³/mol. The largest absolute Gasteiger partial charge is 0.379 e. The van der Waals surface area contributed by atoms with Crippen molar-refractivity contribution in [2.24, 2.45) is 5.73 Å². The van der Waals surface area contributed by atoms with E-state index in [0.29, 0.717) is 6.73 Å². The summed E-state index contributed by atoms with van der Waals surface area (Å²) >= 11 is 0. The van der Waals surface area contributed by atoms with E-state index in [1.54, 1.807) is 0 Å². The molecule has 2 atom stereocenters. The number of hydrogen-bond donors (Lipinski definition) is 2. The number of nitrogens with two attached hydrogens (primary N) is 1. The zero-order valence-electron chi connectivity index (χ0n) is 29.6. The van der Waals surface area contributed by atoms with E-state index < -0.39 is 14.1 Å². The van der Waals surface area contributed by atoms with Gasteiger partial charge in [0, 0.05) is 57.2 Å².